The first-order chi connectivity index (χ1) is 14.3. The summed E-state index contributed by atoms with van der Waals surface area (Å²) in [6.07, 6.45) is -4.80. The fourth-order valence-electron chi connectivity index (χ4n) is 2.44. The SMILES string of the molecule is COc1ccc(-c2nc(SCC(=O)NCc3ccccc3OC(F)(F)F)n[nH]2)cc1. The fraction of sp³-hybridized carbons (Fsp3) is 0.211. The van der Waals surface area contributed by atoms with Crippen LogP contribution < -0.4 is 14.8 Å². The van der Waals surface area contributed by atoms with Crippen molar-refractivity contribution in [2.24, 2.45) is 0 Å². The van der Waals surface area contributed by atoms with E-state index in [1.54, 1.807) is 25.3 Å². The summed E-state index contributed by atoms with van der Waals surface area (Å²) in [5, 5.41) is 9.77. The standard InChI is InChI=1S/C19H17F3N4O3S/c1-28-14-8-6-12(7-9-14)17-24-18(26-25-17)30-11-16(27)23-10-13-4-2-3-5-15(13)29-19(20,21)22/h2-9H,10-11H2,1H3,(H,23,27)(H,24,25,26). The van der Waals surface area contributed by atoms with Crippen LogP contribution in [-0.2, 0) is 11.3 Å². The Bertz CT molecular complexity index is 993. The van der Waals surface area contributed by atoms with Gasteiger partial charge in [-0.2, -0.15) is 0 Å². The molecule has 0 atom stereocenters. The van der Waals surface area contributed by atoms with Gasteiger partial charge in [0.25, 0.3) is 0 Å². The van der Waals surface area contributed by atoms with Crippen molar-refractivity contribution < 1.29 is 27.4 Å². The van der Waals surface area contributed by atoms with Gasteiger partial charge in [0.15, 0.2) is 5.82 Å². The van der Waals surface area contributed by atoms with Gasteiger partial charge in [0.1, 0.15) is 11.5 Å². The number of carbonyl (C=O) groups excluding carboxylic acids is 1. The molecule has 0 saturated carbocycles. The minimum absolute atomic E-state index is 0.00218. The van der Waals surface area contributed by atoms with Crippen molar-refractivity contribution in [3.63, 3.8) is 0 Å². The molecule has 3 rings (SSSR count). The third-order valence-corrected chi connectivity index (χ3v) is 4.68. The number of nitrogens with zero attached hydrogens (tertiary/aromatic N) is 2. The van der Waals surface area contributed by atoms with Crippen LogP contribution in [0, 0.1) is 0 Å². The topological polar surface area (TPSA) is 89.1 Å². The number of ether oxygens (including phenoxy) is 2. The number of H-pyrrole nitrogens is 1. The van der Waals surface area contributed by atoms with Gasteiger partial charge in [-0.3, -0.25) is 9.89 Å². The van der Waals surface area contributed by atoms with Crippen LogP contribution in [0.3, 0.4) is 0 Å². The molecule has 30 heavy (non-hydrogen) atoms. The van der Waals surface area contributed by atoms with Crippen LogP contribution in [0.1, 0.15) is 5.56 Å². The Morgan fingerprint density at radius 2 is 1.90 bits per heavy atom. The number of nitrogens with one attached hydrogen (secondary N) is 2. The van der Waals surface area contributed by atoms with Crippen molar-refractivity contribution in [2.75, 3.05) is 12.9 Å². The van der Waals surface area contributed by atoms with Gasteiger partial charge in [0.05, 0.1) is 12.9 Å². The van der Waals surface area contributed by atoms with Crippen LogP contribution in [0.2, 0.25) is 0 Å². The zero-order valence-electron chi connectivity index (χ0n) is 15.7. The van der Waals surface area contributed by atoms with Gasteiger partial charge in [-0.1, -0.05) is 30.0 Å². The van der Waals surface area contributed by atoms with Crippen molar-refractivity contribution in [2.45, 2.75) is 18.1 Å². The molecule has 3 aromatic rings. The van der Waals surface area contributed by atoms with E-state index in [9.17, 15) is 18.0 Å². The number of alkyl halides is 3. The number of hydrogen-bond donors (Lipinski definition) is 2. The summed E-state index contributed by atoms with van der Waals surface area (Å²) in [6, 6.07) is 12.8. The molecule has 0 unspecified atom stereocenters. The van der Waals surface area contributed by atoms with E-state index in [1.807, 2.05) is 12.1 Å². The van der Waals surface area contributed by atoms with E-state index >= 15 is 0 Å². The summed E-state index contributed by atoms with van der Waals surface area (Å²) in [5.41, 5.74) is 1.02. The van der Waals surface area contributed by atoms with Gasteiger partial charge in [-0.15, -0.1) is 18.3 Å². The molecular formula is C19H17F3N4O3S. The number of rotatable bonds is 8. The molecule has 0 bridgehead atoms. The molecule has 0 fully saturated rings. The number of aromatic nitrogens is 3. The number of para-hydroxylation sites is 1. The van der Waals surface area contributed by atoms with Crippen molar-refractivity contribution in [3.05, 3.63) is 54.1 Å². The molecule has 1 aromatic heterocycles. The predicted octanol–water partition coefficient (Wildman–Crippen LogP) is 3.79. The van der Waals surface area contributed by atoms with Crippen LogP contribution >= 0.6 is 11.8 Å². The van der Waals surface area contributed by atoms with E-state index in [0.717, 1.165) is 17.3 Å². The smallest absolute Gasteiger partial charge is 0.497 e. The largest absolute Gasteiger partial charge is 0.573 e. The quantitative estimate of drug-likeness (QED) is 0.521. The lowest BCUT2D eigenvalue weighted by atomic mass is 10.2. The summed E-state index contributed by atoms with van der Waals surface area (Å²) in [7, 11) is 1.57. The number of thioether (sulfide) groups is 1. The van der Waals surface area contributed by atoms with E-state index in [0.29, 0.717) is 16.7 Å². The minimum atomic E-state index is -4.80. The summed E-state index contributed by atoms with van der Waals surface area (Å²) in [4.78, 5) is 16.4. The number of methoxy groups -OCH3 is 1. The summed E-state index contributed by atoms with van der Waals surface area (Å²) in [6.45, 7) is -0.100. The second kappa shape index (κ2) is 9.53. The minimum Gasteiger partial charge on any atom is -0.497 e. The monoisotopic (exact) mass is 438 g/mol. The zero-order valence-corrected chi connectivity index (χ0v) is 16.5. The normalized spacial score (nSPS) is 11.2. The molecule has 1 heterocycles. The van der Waals surface area contributed by atoms with Crippen LogP contribution in [0.15, 0.2) is 53.7 Å². The first kappa shape index (κ1) is 21.5. The van der Waals surface area contributed by atoms with Crippen molar-refractivity contribution in [3.8, 4) is 22.9 Å². The summed E-state index contributed by atoms with van der Waals surface area (Å²) in [5.74, 6) is 0.529. The molecule has 2 N–H and O–H groups in total. The molecule has 0 aliphatic carbocycles. The molecule has 1 amide bonds. The number of aromatic amines is 1. The highest BCUT2D eigenvalue weighted by Crippen LogP contribution is 2.26. The molecule has 158 valence electrons. The average Bonchev–Trinajstić information content (AvgIpc) is 3.19. The van der Waals surface area contributed by atoms with Crippen molar-refractivity contribution in [1.82, 2.24) is 20.5 Å². The number of halogens is 3. The Labute approximate surface area is 174 Å². The van der Waals surface area contributed by atoms with Gasteiger partial charge in [0.2, 0.25) is 11.1 Å². The number of benzene rings is 2. The molecule has 11 heteroatoms. The maximum absolute atomic E-state index is 12.5. The molecular weight excluding hydrogens is 421 g/mol. The highest BCUT2D eigenvalue weighted by atomic mass is 32.2. The van der Waals surface area contributed by atoms with Gasteiger partial charge in [0, 0.05) is 17.7 Å². The van der Waals surface area contributed by atoms with E-state index in [2.05, 4.69) is 25.2 Å². The second-order valence-corrected chi connectivity index (χ2v) is 6.86. The lowest BCUT2D eigenvalue weighted by molar-refractivity contribution is -0.274. The third kappa shape index (κ3) is 6.14. The van der Waals surface area contributed by atoms with Crippen molar-refractivity contribution >= 4 is 17.7 Å². The highest BCUT2D eigenvalue weighted by molar-refractivity contribution is 7.99. The zero-order chi connectivity index (χ0) is 21.6. The molecule has 0 aliphatic rings. The van der Waals surface area contributed by atoms with Gasteiger partial charge >= 0.3 is 6.36 Å². The molecule has 0 aliphatic heterocycles. The van der Waals surface area contributed by atoms with Crippen molar-refractivity contribution in [1.29, 1.82) is 0 Å². The van der Waals surface area contributed by atoms with E-state index in [-0.39, 0.29) is 29.5 Å². The number of hydrogen-bond acceptors (Lipinski definition) is 6. The summed E-state index contributed by atoms with van der Waals surface area (Å²) >= 11 is 1.10. The molecule has 0 saturated heterocycles. The van der Waals surface area contributed by atoms with Crippen LogP contribution in [0.25, 0.3) is 11.4 Å². The van der Waals surface area contributed by atoms with E-state index < -0.39 is 6.36 Å². The third-order valence-electron chi connectivity index (χ3n) is 3.84. The van der Waals surface area contributed by atoms with Gasteiger partial charge in [-0.05, 0) is 30.3 Å². The van der Waals surface area contributed by atoms with Crippen LogP contribution in [0.5, 0.6) is 11.5 Å². The first-order valence-corrected chi connectivity index (χ1v) is 9.62. The van der Waals surface area contributed by atoms with E-state index in [1.165, 1.54) is 18.2 Å². The Morgan fingerprint density at radius 1 is 1.17 bits per heavy atom. The average molecular weight is 438 g/mol. The van der Waals surface area contributed by atoms with Crippen LogP contribution in [0.4, 0.5) is 13.2 Å². The lowest BCUT2D eigenvalue weighted by Gasteiger charge is -2.13. The lowest BCUT2D eigenvalue weighted by Crippen LogP contribution is -2.25. The van der Waals surface area contributed by atoms with Gasteiger partial charge in [-0.25, -0.2) is 4.98 Å². The fourth-order valence-corrected chi connectivity index (χ4v) is 3.07. The highest BCUT2D eigenvalue weighted by Gasteiger charge is 2.31. The Kier molecular flexibility index (Phi) is 6.83. The van der Waals surface area contributed by atoms with Gasteiger partial charge < -0.3 is 14.8 Å². The Balaban J connectivity index is 1.51. The first-order valence-electron chi connectivity index (χ1n) is 8.64. The molecule has 2 aromatic carbocycles. The number of carbonyl (C=O) groups is 1. The van der Waals surface area contributed by atoms with Crippen LogP contribution in [-0.4, -0.2) is 40.3 Å². The molecule has 0 radical (unpaired) electrons. The maximum atomic E-state index is 12.5. The second-order valence-electron chi connectivity index (χ2n) is 5.92. The maximum Gasteiger partial charge on any atom is 0.573 e. The predicted molar refractivity (Wildman–Crippen MR) is 104 cm³/mol. The Hall–Kier alpha value is -3.21. The molecule has 7 nitrogen and oxygen atoms in total. The number of amides is 1. The van der Waals surface area contributed by atoms with E-state index in [4.69, 9.17) is 4.74 Å². The summed E-state index contributed by atoms with van der Waals surface area (Å²) < 4.78 is 46.4. The Morgan fingerprint density at radius 3 is 2.60 bits per heavy atom. The molecule has 0 spiro atoms.